The minimum atomic E-state index is -0.609. The Hall–Kier alpha value is -6.14. The van der Waals surface area contributed by atoms with Crippen molar-refractivity contribution in [3.8, 4) is 11.8 Å². The van der Waals surface area contributed by atoms with Gasteiger partial charge in [-0.1, -0.05) is 27.7 Å². The van der Waals surface area contributed by atoms with Crippen LogP contribution in [0, 0.1) is 28.1 Å². The fraction of sp³-hybridized carbons (Fsp3) is 0.478. The predicted octanol–water partition coefficient (Wildman–Crippen LogP) is 4.31. The molecule has 1 atom stereocenters. The van der Waals surface area contributed by atoms with Gasteiger partial charge >= 0.3 is 0 Å². The number of piperidine rings is 2. The van der Waals surface area contributed by atoms with E-state index in [0.29, 0.717) is 41.3 Å². The quantitative estimate of drug-likeness (QED) is 0.229. The van der Waals surface area contributed by atoms with Crippen LogP contribution in [0.5, 0.6) is 5.75 Å². The molecule has 0 radical (unpaired) electrons. The van der Waals surface area contributed by atoms with Crippen LogP contribution in [0.2, 0.25) is 0 Å². The monoisotopic (exact) mass is 824 g/mol. The molecule has 61 heavy (non-hydrogen) atoms. The second-order valence-corrected chi connectivity index (χ2v) is 18.4. The molecule has 5 aliphatic rings. The summed E-state index contributed by atoms with van der Waals surface area (Å²) in [7, 11) is 0. The lowest BCUT2D eigenvalue weighted by Crippen LogP contribution is -2.74. The Kier molecular flexibility index (Phi) is 10.4. The van der Waals surface area contributed by atoms with Crippen LogP contribution in [0.25, 0.3) is 10.9 Å². The number of rotatable bonds is 9. The zero-order valence-corrected chi connectivity index (χ0v) is 35.2. The normalized spacial score (nSPS) is 23.9. The Bertz CT molecular complexity index is 2420. The Balaban J connectivity index is 0.733. The van der Waals surface area contributed by atoms with Crippen molar-refractivity contribution in [2.24, 2.45) is 16.7 Å². The van der Waals surface area contributed by atoms with Gasteiger partial charge in [-0.15, -0.1) is 10.2 Å². The summed E-state index contributed by atoms with van der Waals surface area (Å²) >= 11 is 0. The highest BCUT2D eigenvalue weighted by molar-refractivity contribution is 6.05. The smallest absolute Gasteiger partial charge is 0.272 e. The Morgan fingerprint density at radius 2 is 1.69 bits per heavy atom. The number of pyridine rings is 1. The van der Waals surface area contributed by atoms with Crippen molar-refractivity contribution in [1.82, 2.24) is 35.6 Å². The van der Waals surface area contributed by atoms with E-state index in [9.17, 15) is 24.4 Å². The van der Waals surface area contributed by atoms with Crippen LogP contribution in [0.15, 0.2) is 60.8 Å². The van der Waals surface area contributed by atoms with Gasteiger partial charge in [0.15, 0.2) is 11.5 Å². The first-order chi connectivity index (χ1) is 29.3. The Labute approximate surface area is 355 Å². The number of aromatic nitrogens is 3. The fourth-order valence-electron chi connectivity index (χ4n) is 10.7. The maximum Gasteiger partial charge on any atom is 0.272 e. The number of ether oxygens (including phenoxy) is 1. The summed E-state index contributed by atoms with van der Waals surface area (Å²) < 4.78 is 6.64. The standard InChI is InChI=1S/C46H52N10O5/c1-45(2)43(46(3,4)44(45)61-36-12-7-29(25-47)39-33(36)6-5-17-48-39)50-40(58)34-10-13-37(52-51-34)55-18-15-28(16-19-55)26-53-20-22-54(23-21-53)31-8-9-32-30(24-31)27-56(42(32)60)35-11-14-38(57)49-41(35)59/h5-10,12-13,17,24,28,35,43-44H,11,14-16,18-23,26-27H2,1-4H3,(H,50,58)(H,49,57,59)/t35?,43-,44-. The van der Waals surface area contributed by atoms with Crippen molar-refractivity contribution >= 4 is 46.0 Å². The summed E-state index contributed by atoms with van der Waals surface area (Å²) in [6.07, 6.45) is 4.17. The summed E-state index contributed by atoms with van der Waals surface area (Å²) in [6.45, 7) is 15.3. The van der Waals surface area contributed by atoms with Gasteiger partial charge in [0, 0.05) is 98.5 Å². The van der Waals surface area contributed by atoms with Crippen LogP contribution in [0.1, 0.15) is 85.4 Å². The molecule has 4 aromatic rings. The number of carbonyl (C=O) groups is 4. The first kappa shape index (κ1) is 40.3. The van der Waals surface area contributed by atoms with Crippen molar-refractivity contribution in [1.29, 1.82) is 5.26 Å². The maximum absolute atomic E-state index is 13.5. The van der Waals surface area contributed by atoms with Gasteiger partial charge < -0.3 is 24.8 Å². The van der Waals surface area contributed by atoms with Gasteiger partial charge in [0.2, 0.25) is 11.8 Å². The number of fused-ring (bicyclic) bond motifs is 2. The zero-order valence-electron chi connectivity index (χ0n) is 35.2. The predicted molar refractivity (Wildman–Crippen MR) is 228 cm³/mol. The van der Waals surface area contributed by atoms with Crippen LogP contribution in [-0.2, 0) is 16.1 Å². The van der Waals surface area contributed by atoms with E-state index in [-0.39, 0.29) is 42.0 Å². The fourth-order valence-corrected chi connectivity index (χ4v) is 10.7. The first-order valence-corrected chi connectivity index (χ1v) is 21.4. The molecule has 4 aliphatic heterocycles. The molecule has 2 aromatic heterocycles. The number of carbonyl (C=O) groups excluding carboxylic acids is 4. The Morgan fingerprint density at radius 1 is 0.918 bits per heavy atom. The van der Waals surface area contributed by atoms with Gasteiger partial charge in [0.1, 0.15) is 24.0 Å². The average Bonchev–Trinajstić information content (AvgIpc) is 3.59. The molecule has 9 rings (SSSR count). The molecule has 0 bridgehead atoms. The van der Waals surface area contributed by atoms with Crippen LogP contribution >= 0.6 is 0 Å². The summed E-state index contributed by atoms with van der Waals surface area (Å²) in [5.41, 5.74) is 3.25. The maximum atomic E-state index is 13.5. The highest BCUT2D eigenvalue weighted by Crippen LogP contribution is 2.56. The second-order valence-electron chi connectivity index (χ2n) is 18.4. The molecule has 0 spiro atoms. The van der Waals surface area contributed by atoms with Crippen molar-refractivity contribution in [3.05, 3.63) is 83.2 Å². The molecule has 2 N–H and O–H groups in total. The summed E-state index contributed by atoms with van der Waals surface area (Å²) in [4.78, 5) is 64.0. The van der Waals surface area contributed by atoms with Crippen molar-refractivity contribution < 1.29 is 23.9 Å². The van der Waals surface area contributed by atoms with Gasteiger partial charge in [-0.25, -0.2) is 0 Å². The number of hydrogen-bond acceptors (Lipinski definition) is 12. The molecular formula is C46H52N10O5. The number of nitrogens with zero attached hydrogens (tertiary/aromatic N) is 8. The molecule has 1 aliphatic carbocycles. The van der Waals surface area contributed by atoms with E-state index in [4.69, 9.17) is 4.74 Å². The van der Waals surface area contributed by atoms with Crippen LogP contribution < -0.4 is 25.2 Å². The van der Waals surface area contributed by atoms with E-state index < -0.39 is 22.8 Å². The van der Waals surface area contributed by atoms with Gasteiger partial charge in [-0.3, -0.25) is 34.4 Å². The number of piperazine rings is 1. The highest BCUT2D eigenvalue weighted by Gasteiger charge is 2.64. The lowest BCUT2D eigenvalue weighted by atomic mass is 9.49. The summed E-state index contributed by atoms with van der Waals surface area (Å²) in [6, 6.07) is 18.4. The van der Waals surface area contributed by atoms with Crippen LogP contribution in [0.3, 0.4) is 0 Å². The number of imide groups is 1. The molecule has 6 heterocycles. The van der Waals surface area contributed by atoms with Gasteiger partial charge in [0.25, 0.3) is 11.8 Å². The molecule has 3 saturated heterocycles. The van der Waals surface area contributed by atoms with Crippen molar-refractivity contribution in [2.45, 2.75) is 78.1 Å². The zero-order chi connectivity index (χ0) is 42.6. The first-order valence-electron chi connectivity index (χ1n) is 21.4. The molecule has 4 fully saturated rings. The van der Waals surface area contributed by atoms with Gasteiger partial charge in [-0.05, 0) is 85.3 Å². The topological polar surface area (TPSA) is 177 Å². The minimum absolute atomic E-state index is 0.146. The lowest BCUT2D eigenvalue weighted by molar-refractivity contribution is -0.163. The number of nitriles is 1. The van der Waals surface area contributed by atoms with E-state index in [0.717, 1.165) is 81.1 Å². The molecule has 316 valence electrons. The number of anilines is 2. The number of benzene rings is 2. The molecule has 1 saturated carbocycles. The van der Waals surface area contributed by atoms with E-state index in [1.807, 2.05) is 36.4 Å². The molecular weight excluding hydrogens is 773 g/mol. The molecule has 15 heteroatoms. The third-order valence-electron chi connectivity index (χ3n) is 13.8. The van der Waals surface area contributed by atoms with E-state index >= 15 is 0 Å². The highest BCUT2D eigenvalue weighted by atomic mass is 16.5. The summed E-state index contributed by atoms with van der Waals surface area (Å²) in [5, 5.41) is 24.8. The largest absolute Gasteiger partial charge is 0.488 e. The number of nitrogens with one attached hydrogen (secondary N) is 2. The number of amides is 4. The van der Waals surface area contributed by atoms with Crippen molar-refractivity contribution in [2.75, 3.05) is 55.6 Å². The SMILES string of the molecule is CC1(C)[C@H](NC(=O)c2ccc(N3CCC(CN4CCN(c5ccc6c(c5)CN(C5CCC(=O)NC5=O)C6=O)CC4)CC3)nn2)C(C)(C)[C@H]1Oc1ccc(C#N)c2ncccc12. The van der Waals surface area contributed by atoms with E-state index in [2.05, 4.69) is 80.3 Å². The van der Waals surface area contributed by atoms with Crippen LogP contribution in [0.4, 0.5) is 11.5 Å². The second kappa shape index (κ2) is 15.7. The van der Waals surface area contributed by atoms with Gasteiger partial charge in [0.05, 0.1) is 11.1 Å². The average molecular weight is 825 g/mol. The molecule has 2 aromatic carbocycles. The van der Waals surface area contributed by atoms with Crippen molar-refractivity contribution in [3.63, 3.8) is 0 Å². The van der Waals surface area contributed by atoms with Crippen LogP contribution in [-0.4, -0.2) is 113 Å². The number of hydrogen-bond donors (Lipinski definition) is 2. The minimum Gasteiger partial charge on any atom is -0.488 e. The van der Waals surface area contributed by atoms with E-state index in [1.165, 1.54) is 0 Å². The van der Waals surface area contributed by atoms with E-state index in [1.54, 1.807) is 23.2 Å². The molecule has 1 unspecified atom stereocenters. The summed E-state index contributed by atoms with van der Waals surface area (Å²) in [5.74, 6) is 0.942. The third-order valence-corrected chi connectivity index (χ3v) is 13.8. The third kappa shape index (κ3) is 7.41. The van der Waals surface area contributed by atoms with Gasteiger partial charge in [-0.2, -0.15) is 5.26 Å². The molecule has 4 amide bonds. The lowest BCUT2D eigenvalue weighted by Gasteiger charge is -2.63. The Morgan fingerprint density at radius 3 is 2.39 bits per heavy atom. The molecule has 15 nitrogen and oxygen atoms in total.